The van der Waals surface area contributed by atoms with Gasteiger partial charge in [-0.3, -0.25) is 4.90 Å². The molecule has 0 unspecified atom stereocenters. The fourth-order valence-corrected chi connectivity index (χ4v) is 2.24. The van der Waals surface area contributed by atoms with E-state index in [1.54, 1.807) is 7.05 Å². The molecule has 0 radical (unpaired) electrons. The summed E-state index contributed by atoms with van der Waals surface area (Å²) in [6.45, 7) is 2.34. The van der Waals surface area contributed by atoms with Crippen molar-refractivity contribution >= 4 is 11.3 Å². The van der Waals surface area contributed by atoms with E-state index in [9.17, 15) is 13.2 Å². The van der Waals surface area contributed by atoms with Crippen LogP contribution in [0.3, 0.4) is 0 Å². The van der Waals surface area contributed by atoms with Crippen LogP contribution in [0.2, 0.25) is 0 Å². The highest BCUT2D eigenvalue weighted by atomic mass is 32.1. The number of nitrogens with zero attached hydrogens (tertiary/aromatic N) is 2. The molecule has 0 fully saturated rings. The van der Waals surface area contributed by atoms with E-state index in [-0.39, 0.29) is 0 Å². The minimum Gasteiger partial charge on any atom is -0.318 e. The topological polar surface area (TPSA) is 28.2 Å². The van der Waals surface area contributed by atoms with Crippen LogP contribution >= 0.6 is 11.3 Å². The summed E-state index contributed by atoms with van der Waals surface area (Å²) in [5.41, 5.74) is 0.870. The third-order valence-corrected chi connectivity index (χ3v) is 3.25. The van der Waals surface area contributed by atoms with E-state index >= 15 is 0 Å². The van der Waals surface area contributed by atoms with Gasteiger partial charge in [0.05, 0.1) is 17.2 Å². The van der Waals surface area contributed by atoms with Crippen LogP contribution in [0.5, 0.6) is 0 Å². The van der Waals surface area contributed by atoms with Crippen molar-refractivity contribution in [3.63, 3.8) is 0 Å². The van der Waals surface area contributed by atoms with Crippen LogP contribution in [0.15, 0.2) is 5.38 Å². The number of hydrogen-bond donors (Lipinski definition) is 1. The van der Waals surface area contributed by atoms with Gasteiger partial charge >= 0.3 is 6.18 Å². The lowest BCUT2D eigenvalue weighted by Gasteiger charge is -2.23. The van der Waals surface area contributed by atoms with E-state index < -0.39 is 12.7 Å². The lowest BCUT2D eigenvalue weighted by Crippen LogP contribution is -2.39. The summed E-state index contributed by atoms with van der Waals surface area (Å²) < 4.78 is 37.2. The second-order valence-corrected chi connectivity index (χ2v) is 5.16. The summed E-state index contributed by atoms with van der Waals surface area (Å²) in [4.78, 5) is 5.66. The molecule has 0 atom stereocenters. The molecule has 0 aliphatic heterocycles. The molecule has 0 saturated heterocycles. The molecule has 1 N–H and O–H groups in total. The molecule has 0 spiro atoms. The molecule has 0 saturated carbocycles. The second-order valence-electron chi connectivity index (χ2n) is 4.10. The van der Waals surface area contributed by atoms with E-state index in [0.29, 0.717) is 26.1 Å². The van der Waals surface area contributed by atoms with Gasteiger partial charge in [0.15, 0.2) is 0 Å². The Bertz CT molecular complexity index is 352. The van der Waals surface area contributed by atoms with Gasteiger partial charge in [0.25, 0.3) is 0 Å². The molecule has 1 rings (SSSR count). The van der Waals surface area contributed by atoms with Crippen molar-refractivity contribution in [3.8, 4) is 0 Å². The van der Waals surface area contributed by atoms with Gasteiger partial charge in [-0.2, -0.15) is 13.2 Å². The monoisotopic (exact) mass is 281 g/mol. The average Bonchev–Trinajstić information content (AvgIpc) is 2.66. The highest BCUT2D eigenvalue weighted by Crippen LogP contribution is 2.17. The number of halogens is 3. The molecule has 104 valence electrons. The average molecular weight is 281 g/mol. The molecule has 0 amide bonds. The number of aryl methyl sites for hydroxylation is 1. The third kappa shape index (κ3) is 6.32. The summed E-state index contributed by atoms with van der Waals surface area (Å²) in [6.07, 6.45) is -3.59. The molecule has 0 aromatic carbocycles. The maximum absolute atomic E-state index is 12.4. The van der Waals surface area contributed by atoms with Crippen LogP contribution in [-0.2, 0) is 6.42 Å². The molecular weight excluding hydrogens is 263 g/mol. The lowest BCUT2D eigenvalue weighted by atomic mass is 10.3. The van der Waals surface area contributed by atoms with E-state index in [1.165, 1.54) is 16.2 Å². The minimum absolute atomic E-state index is 0.379. The Morgan fingerprint density at radius 3 is 2.61 bits per heavy atom. The van der Waals surface area contributed by atoms with E-state index in [1.807, 2.05) is 12.3 Å². The highest BCUT2D eigenvalue weighted by Gasteiger charge is 2.30. The lowest BCUT2D eigenvalue weighted by molar-refractivity contribution is -0.145. The quantitative estimate of drug-likeness (QED) is 0.829. The van der Waals surface area contributed by atoms with Crippen molar-refractivity contribution < 1.29 is 13.2 Å². The molecule has 7 heteroatoms. The summed E-state index contributed by atoms with van der Waals surface area (Å²) in [6, 6.07) is 0. The normalized spacial score (nSPS) is 12.3. The van der Waals surface area contributed by atoms with Gasteiger partial charge in [-0.15, -0.1) is 11.3 Å². The Kier molecular flexibility index (Phi) is 6.04. The highest BCUT2D eigenvalue weighted by molar-refractivity contribution is 7.09. The van der Waals surface area contributed by atoms with Crippen molar-refractivity contribution in [2.24, 2.45) is 0 Å². The number of thiazole rings is 1. The van der Waals surface area contributed by atoms with E-state index in [0.717, 1.165) is 10.7 Å². The Morgan fingerprint density at radius 2 is 2.11 bits per heavy atom. The minimum atomic E-state index is -4.15. The number of aromatic nitrogens is 1. The van der Waals surface area contributed by atoms with Crippen molar-refractivity contribution in [1.29, 1.82) is 0 Å². The molecule has 18 heavy (non-hydrogen) atoms. The Hall–Kier alpha value is -0.660. The molecule has 0 bridgehead atoms. The standard InChI is InChI=1S/C11H18F3N3S/c1-9-16-10(7-18-9)3-5-17(6-4-15-2)8-11(12,13)14/h7,15H,3-6,8H2,1-2H3. The molecule has 1 heterocycles. The Balaban J connectivity index is 2.44. The number of hydrogen-bond acceptors (Lipinski definition) is 4. The summed E-state index contributed by atoms with van der Waals surface area (Å²) in [5.74, 6) is 0. The number of likely N-dealkylation sites (N-methyl/N-ethyl adjacent to an activating group) is 1. The van der Waals surface area contributed by atoms with E-state index in [4.69, 9.17) is 0 Å². The first-order valence-electron chi connectivity index (χ1n) is 5.75. The van der Waals surface area contributed by atoms with Gasteiger partial charge in [-0.05, 0) is 14.0 Å². The Labute approximate surface area is 109 Å². The van der Waals surface area contributed by atoms with Gasteiger partial charge < -0.3 is 5.32 Å². The number of rotatable bonds is 7. The Morgan fingerprint density at radius 1 is 1.39 bits per heavy atom. The van der Waals surface area contributed by atoms with Crippen molar-refractivity contribution in [2.45, 2.75) is 19.5 Å². The second kappa shape index (κ2) is 7.06. The maximum Gasteiger partial charge on any atom is 0.401 e. The summed E-state index contributed by atoms with van der Waals surface area (Å²) >= 11 is 1.52. The van der Waals surface area contributed by atoms with Crippen LogP contribution < -0.4 is 5.32 Å². The van der Waals surface area contributed by atoms with Crippen LogP contribution in [0.1, 0.15) is 10.7 Å². The predicted octanol–water partition coefficient (Wildman–Crippen LogP) is 2.08. The van der Waals surface area contributed by atoms with Gasteiger partial charge in [0.2, 0.25) is 0 Å². The van der Waals surface area contributed by atoms with E-state index in [2.05, 4.69) is 10.3 Å². The van der Waals surface area contributed by atoms with Gasteiger partial charge in [0, 0.05) is 31.4 Å². The fraction of sp³-hybridized carbons (Fsp3) is 0.727. The summed E-state index contributed by atoms with van der Waals surface area (Å²) in [5, 5.41) is 5.71. The maximum atomic E-state index is 12.4. The van der Waals surface area contributed by atoms with Crippen LogP contribution in [0, 0.1) is 6.92 Å². The van der Waals surface area contributed by atoms with Crippen LogP contribution in [0.4, 0.5) is 13.2 Å². The SMILES string of the molecule is CNCCN(CCc1csc(C)n1)CC(F)(F)F. The molecular formula is C11H18F3N3S. The van der Waals surface area contributed by atoms with Gasteiger partial charge in [-0.1, -0.05) is 0 Å². The van der Waals surface area contributed by atoms with Gasteiger partial charge in [-0.25, -0.2) is 4.98 Å². The van der Waals surface area contributed by atoms with Crippen LogP contribution in [-0.4, -0.2) is 49.3 Å². The van der Waals surface area contributed by atoms with Gasteiger partial charge in [0.1, 0.15) is 0 Å². The predicted molar refractivity (Wildman–Crippen MR) is 67.0 cm³/mol. The molecule has 1 aromatic rings. The zero-order chi connectivity index (χ0) is 13.6. The number of nitrogens with one attached hydrogen (secondary N) is 1. The largest absolute Gasteiger partial charge is 0.401 e. The first-order valence-corrected chi connectivity index (χ1v) is 6.63. The van der Waals surface area contributed by atoms with Crippen molar-refractivity contribution in [2.75, 3.05) is 33.2 Å². The van der Waals surface area contributed by atoms with Crippen molar-refractivity contribution in [3.05, 3.63) is 16.1 Å². The zero-order valence-electron chi connectivity index (χ0n) is 10.5. The number of alkyl halides is 3. The molecule has 0 aliphatic carbocycles. The first kappa shape index (κ1) is 15.4. The molecule has 1 aromatic heterocycles. The third-order valence-electron chi connectivity index (χ3n) is 2.43. The van der Waals surface area contributed by atoms with Crippen molar-refractivity contribution in [1.82, 2.24) is 15.2 Å². The molecule has 3 nitrogen and oxygen atoms in total. The summed E-state index contributed by atoms with van der Waals surface area (Å²) in [7, 11) is 1.73. The smallest absolute Gasteiger partial charge is 0.318 e. The van der Waals surface area contributed by atoms with Crippen LogP contribution in [0.25, 0.3) is 0 Å². The first-order chi connectivity index (χ1) is 8.40. The zero-order valence-corrected chi connectivity index (χ0v) is 11.4. The molecule has 0 aliphatic rings. The fourth-order valence-electron chi connectivity index (χ4n) is 1.59.